The molecule has 0 unspecified atom stereocenters. The Balaban J connectivity index is 2.59. The number of carbonyl (C=O) groups is 1. The fraction of sp³-hybridized carbons (Fsp3) is 0.909. The summed E-state index contributed by atoms with van der Waals surface area (Å²) in [6, 6.07) is 0.463. The van der Waals surface area contributed by atoms with Crippen molar-refractivity contribution in [2.24, 2.45) is 5.92 Å². The lowest BCUT2D eigenvalue weighted by Crippen LogP contribution is -2.49. The van der Waals surface area contributed by atoms with Crippen molar-refractivity contribution in [3.63, 3.8) is 0 Å². The van der Waals surface area contributed by atoms with Gasteiger partial charge in [0.15, 0.2) is 0 Å². The summed E-state index contributed by atoms with van der Waals surface area (Å²) in [7, 11) is 1.37. The number of likely N-dealkylation sites (tertiary alicyclic amines) is 1. The van der Waals surface area contributed by atoms with E-state index in [1.165, 1.54) is 7.11 Å². The lowest BCUT2D eigenvalue weighted by molar-refractivity contribution is -0.153. The Morgan fingerprint density at radius 2 is 2.33 bits per heavy atom. The van der Waals surface area contributed by atoms with Gasteiger partial charge in [-0.25, -0.2) is 0 Å². The molecule has 88 valence electrons. The molecule has 1 N–H and O–H groups in total. The average molecular weight is 215 g/mol. The molecule has 1 aliphatic rings. The van der Waals surface area contributed by atoms with Crippen LogP contribution in [0.3, 0.4) is 0 Å². The molecular formula is C11H21NO3. The first-order valence-corrected chi connectivity index (χ1v) is 5.60. The van der Waals surface area contributed by atoms with E-state index >= 15 is 0 Å². The fourth-order valence-corrected chi connectivity index (χ4v) is 2.01. The second-order valence-electron chi connectivity index (χ2n) is 4.24. The molecule has 0 aromatic rings. The zero-order valence-corrected chi connectivity index (χ0v) is 9.77. The predicted octanol–water partition coefficient (Wildman–Crippen LogP) is 0.641. The number of piperidine rings is 1. The summed E-state index contributed by atoms with van der Waals surface area (Å²) >= 11 is 0. The summed E-state index contributed by atoms with van der Waals surface area (Å²) in [5, 5.41) is 9.72. The highest BCUT2D eigenvalue weighted by Crippen LogP contribution is 2.21. The van der Waals surface area contributed by atoms with Crippen LogP contribution in [0.4, 0.5) is 0 Å². The van der Waals surface area contributed by atoms with Crippen LogP contribution >= 0.6 is 0 Å². The number of carbonyl (C=O) groups excluding carboxylic acids is 1. The smallest absolute Gasteiger partial charge is 0.312 e. The fourth-order valence-electron chi connectivity index (χ4n) is 2.01. The zero-order valence-electron chi connectivity index (χ0n) is 9.77. The van der Waals surface area contributed by atoms with E-state index in [9.17, 15) is 9.90 Å². The number of hydrogen-bond acceptors (Lipinski definition) is 4. The van der Waals surface area contributed by atoms with Crippen molar-refractivity contribution in [1.29, 1.82) is 0 Å². The minimum Gasteiger partial charge on any atom is -0.469 e. The molecule has 4 heteroatoms. The molecular weight excluding hydrogens is 194 g/mol. The van der Waals surface area contributed by atoms with Crippen LogP contribution in [0.1, 0.15) is 26.7 Å². The van der Waals surface area contributed by atoms with E-state index in [1.807, 2.05) is 0 Å². The third-order valence-corrected chi connectivity index (χ3v) is 3.33. The van der Waals surface area contributed by atoms with Gasteiger partial charge >= 0.3 is 5.97 Å². The summed E-state index contributed by atoms with van der Waals surface area (Å²) in [5.41, 5.74) is 0. The maximum Gasteiger partial charge on any atom is 0.312 e. The van der Waals surface area contributed by atoms with E-state index in [4.69, 9.17) is 4.74 Å². The van der Waals surface area contributed by atoms with Crippen LogP contribution in [0.25, 0.3) is 0 Å². The SMILES string of the molecule is CC[C@H](C)N1CC[C@@H](O)[C@H](C(=O)OC)C1. The van der Waals surface area contributed by atoms with E-state index in [-0.39, 0.29) is 11.9 Å². The van der Waals surface area contributed by atoms with Gasteiger partial charge in [-0.05, 0) is 19.8 Å². The van der Waals surface area contributed by atoms with Gasteiger partial charge in [0.1, 0.15) is 0 Å². The first kappa shape index (κ1) is 12.5. The number of rotatable bonds is 3. The van der Waals surface area contributed by atoms with Crippen LogP contribution in [0.15, 0.2) is 0 Å². The molecule has 0 aromatic heterocycles. The highest BCUT2D eigenvalue weighted by atomic mass is 16.5. The topological polar surface area (TPSA) is 49.8 Å². The highest BCUT2D eigenvalue weighted by molar-refractivity contribution is 5.73. The molecule has 0 aromatic carbocycles. The minimum absolute atomic E-state index is 0.296. The molecule has 1 heterocycles. The summed E-state index contributed by atoms with van der Waals surface area (Å²) in [5.74, 6) is -0.673. The molecule has 1 rings (SSSR count). The molecule has 1 fully saturated rings. The standard InChI is InChI=1S/C11H21NO3/c1-4-8(2)12-6-5-10(13)9(7-12)11(14)15-3/h8-10,13H,4-7H2,1-3H3/t8-,9+,10+/m0/s1. The molecule has 15 heavy (non-hydrogen) atoms. The monoisotopic (exact) mass is 215 g/mol. The van der Waals surface area contributed by atoms with Crippen molar-refractivity contribution in [3.05, 3.63) is 0 Å². The van der Waals surface area contributed by atoms with Crippen LogP contribution in [0.2, 0.25) is 0 Å². The van der Waals surface area contributed by atoms with Crippen molar-refractivity contribution in [3.8, 4) is 0 Å². The Labute approximate surface area is 91.2 Å². The van der Waals surface area contributed by atoms with Gasteiger partial charge in [0.25, 0.3) is 0 Å². The number of aliphatic hydroxyl groups is 1. The van der Waals surface area contributed by atoms with Crippen molar-refractivity contribution in [2.45, 2.75) is 38.8 Å². The molecule has 0 saturated carbocycles. The number of nitrogens with zero attached hydrogens (tertiary/aromatic N) is 1. The van der Waals surface area contributed by atoms with Crippen LogP contribution in [-0.4, -0.2) is 48.3 Å². The Morgan fingerprint density at radius 1 is 1.67 bits per heavy atom. The normalized spacial score (nSPS) is 29.9. The van der Waals surface area contributed by atoms with Crippen LogP contribution < -0.4 is 0 Å². The first-order chi connectivity index (χ1) is 7.10. The second kappa shape index (κ2) is 5.47. The van der Waals surface area contributed by atoms with E-state index in [0.717, 1.165) is 13.0 Å². The molecule has 0 spiro atoms. The quantitative estimate of drug-likeness (QED) is 0.702. The number of ether oxygens (including phenoxy) is 1. The Hall–Kier alpha value is -0.610. The minimum atomic E-state index is -0.544. The Bertz CT molecular complexity index is 220. The molecule has 1 saturated heterocycles. The van der Waals surface area contributed by atoms with Crippen molar-refractivity contribution >= 4 is 5.97 Å². The highest BCUT2D eigenvalue weighted by Gasteiger charge is 2.34. The van der Waals surface area contributed by atoms with Crippen molar-refractivity contribution in [2.75, 3.05) is 20.2 Å². The molecule has 0 amide bonds. The first-order valence-electron chi connectivity index (χ1n) is 5.60. The van der Waals surface area contributed by atoms with Gasteiger partial charge in [-0.3, -0.25) is 9.69 Å². The van der Waals surface area contributed by atoms with Crippen molar-refractivity contribution < 1.29 is 14.6 Å². The summed E-state index contributed by atoms with van der Waals surface area (Å²) in [4.78, 5) is 13.7. The number of methoxy groups -OCH3 is 1. The van der Waals surface area contributed by atoms with E-state index in [2.05, 4.69) is 18.7 Å². The summed E-state index contributed by atoms with van der Waals surface area (Å²) < 4.78 is 4.70. The zero-order chi connectivity index (χ0) is 11.4. The van der Waals surface area contributed by atoms with Crippen LogP contribution in [0, 0.1) is 5.92 Å². The molecule has 4 nitrogen and oxygen atoms in total. The van der Waals surface area contributed by atoms with Crippen LogP contribution in [-0.2, 0) is 9.53 Å². The maximum atomic E-state index is 11.4. The molecule has 0 radical (unpaired) electrons. The van der Waals surface area contributed by atoms with Gasteiger partial charge in [-0.2, -0.15) is 0 Å². The van der Waals surface area contributed by atoms with Crippen molar-refractivity contribution in [1.82, 2.24) is 4.90 Å². The van der Waals surface area contributed by atoms with Gasteiger partial charge < -0.3 is 9.84 Å². The molecule has 0 bridgehead atoms. The number of esters is 1. The van der Waals surface area contributed by atoms with Gasteiger partial charge in [0, 0.05) is 19.1 Å². The summed E-state index contributed by atoms with van der Waals surface area (Å²) in [6.07, 6.45) is 1.17. The molecule has 0 aliphatic carbocycles. The van der Waals surface area contributed by atoms with E-state index in [1.54, 1.807) is 0 Å². The third kappa shape index (κ3) is 2.92. The second-order valence-corrected chi connectivity index (χ2v) is 4.24. The van der Waals surface area contributed by atoms with Gasteiger partial charge in [0.2, 0.25) is 0 Å². The summed E-state index contributed by atoms with van der Waals surface area (Å²) in [6.45, 7) is 5.75. The molecule has 3 atom stereocenters. The van der Waals surface area contributed by atoms with E-state index in [0.29, 0.717) is 19.0 Å². The number of hydrogen-bond donors (Lipinski definition) is 1. The average Bonchev–Trinajstić information content (AvgIpc) is 2.27. The number of aliphatic hydroxyl groups excluding tert-OH is 1. The molecule has 1 aliphatic heterocycles. The van der Waals surface area contributed by atoms with Gasteiger partial charge in [-0.15, -0.1) is 0 Å². The lowest BCUT2D eigenvalue weighted by atomic mass is 9.93. The van der Waals surface area contributed by atoms with Gasteiger partial charge in [0.05, 0.1) is 19.1 Å². The largest absolute Gasteiger partial charge is 0.469 e. The Kier molecular flexibility index (Phi) is 4.54. The lowest BCUT2D eigenvalue weighted by Gasteiger charge is -2.37. The van der Waals surface area contributed by atoms with Gasteiger partial charge in [-0.1, -0.05) is 6.92 Å². The Morgan fingerprint density at radius 3 is 2.87 bits per heavy atom. The maximum absolute atomic E-state index is 11.4. The predicted molar refractivity (Wildman–Crippen MR) is 57.5 cm³/mol. The van der Waals surface area contributed by atoms with E-state index < -0.39 is 6.10 Å². The van der Waals surface area contributed by atoms with Crippen LogP contribution in [0.5, 0.6) is 0 Å². The third-order valence-electron chi connectivity index (χ3n) is 3.33.